The third-order valence-electron chi connectivity index (χ3n) is 2.09. The molecule has 0 saturated carbocycles. The monoisotopic (exact) mass is 346 g/mol. The number of nitrogens with one attached hydrogen (secondary N) is 1. The Kier molecular flexibility index (Phi) is 2.92. The van der Waals surface area contributed by atoms with Gasteiger partial charge in [-0.15, -0.1) is 0 Å². The highest BCUT2D eigenvalue weighted by Crippen LogP contribution is 2.29. The number of rotatable bonds is 1. The molecule has 7 heteroatoms. The number of aromatic nitrogens is 2. The minimum absolute atomic E-state index is 0.0920. The molecule has 0 amide bonds. The van der Waals surface area contributed by atoms with Gasteiger partial charge in [0.15, 0.2) is 11.5 Å². The molecule has 0 atom stereocenters. The minimum Gasteiger partial charge on any atom is -0.504 e. The molecule has 0 radical (unpaired) electrons. The van der Waals surface area contributed by atoms with Crippen LogP contribution in [0, 0.1) is 3.57 Å². The van der Waals surface area contributed by atoms with Crippen LogP contribution >= 0.6 is 22.6 Å². The number of halogens is 1. The van der Waals surface area contributed by atoms with Gasteiger partial charge in [0.2, 0.25) is 5.88 Å². The van der Waals surface area contributed by atoms with Gasteiger partial charge in [-0.2, -0.15) is 4.98 Å². The molecule has 0 aliphatic carbocycles. The fourth-order valence-corrected chi connectivity index (χ4v) is 1.51. The van der Waals surface area contributed by atoms with Crippen LogP contribution in [-0.4, -0.2) is 25.3 Å². The van der Waals surface area contributed by atoms with Gasteiger partial charge in [0.1, 0.15) is 9.39 Å². The molecule has 17 heavy (non-hydrogen) atoms. The van der Waals surface area contributed by atoms with Crippen LogP contribution in [0.2, 0.25) is 0 Å². The molecule has 0 spiro atoms. The van der Waals surface area contributed by atoms with Crippen molar-refractivity contribution in [1.29, 1.82) is 0 Å². The molecule has 1 aromatic heterocycles. The summed E-state index contributed by atoms with van der Waals surface area (Å²) in [7, 11) is 0. The highest BCUT2D eigenvalue weighted by molar-refractivity contribution is 14.1. The molecule has 0 fully saturated rings. The zero-order valence-corrected chi connectivity index (χ0v) is 10.5. The summed E-state index contributed by atoms with van der Waals surface area (Å²) in [6.45, 7) is 0. The van der Waals surface area contributed by atoms with Crippen LogP contribution < -0.4 is 5.56 Å². The van der Waals surface area contributed by atoms with E-state index in [1.165, 1.54) is 18.2 Å². The van der Waals surface area contributed by atoms with E-state index in [1.807, 2.05) is 0 Å². The molecule has 0 aliphatic rings. The van der Waals surface area contributed by atoms with Crippen LogP contribution in [0.15, 0.2) is 23.0 Å². The lowest BCUT2D eigenvalue weighted by Gasteiger charge is -2.04. The molecular formula is C10H7IN2O4. The Hall–Kier alpha value is -1.77. The Bertz CT molecular complexity index is 639. The SMILES string of the molecule is O=c1[nH]c(-c2ccc(O)c(O)c2)nc(O)c1I. The summed E-state index contributed by atoms with van der Waals surface area (Å²) >= 11 is 1.67. The molecule has 2 aromatic rings. The average Bonchev–Trinajstić information content (AvgIpc) is 2.29. The zero-order valence-electron chi connectivity index (χ0n) is 8.31. The van der Waals surface area contributed by atoms with Crippen molar-refractivity contribution >= 4 is 22.6 Å². The van der Waals surface area contributed by atoms with Crippen molar-refractivity contribution in [2.24, 2.45) is 0 Å². The topological polar surface area (TPSA) is 106 Å². The molecule has 4 N–H and O–H groups in total. The standard InChI is InChI=1S/C10H7IN2O4/c11-7-9(16)12-8(13-10(7)17)4-1-2-5(14)6(15)3-4/h1-3,14-15H,(H2,12,13,16,17). The quantitative estimate of drug-likeness (QED) is 0.458. The highest BCUT2D eigenvalue weighted by Gasteiger charge is 2.10. The normalized spacial score (nSPS) is 10.4. The number of phenolic OH excluding ortho intramolecular Hbond substituents is 2. The van der Waals surface area contributed by atoms with Gasteiger partial charge in [-0.25, -0.2) is 0 Å². The maximum atomic E-state index is 11.4. The fourth-order valence-electron chi connectivity index (χ4n) is 1.25. The van der Waals surface area contributed by atoms with Gasteiger partial charge in [0, 0.05) is 5.56 Å². The van der Waals surface area contributed by atoms with Crippen molar-refractivity contribution in [3.63, 3.8) is 0 Å². The molecule has 1 aromatic carbocycles. The first-order valence-corrected chi connectivity index (χ1v) is 5.58. The number of phenols is 2. The van der Waals surface area contributed by atoms with E-state index in [4.69, 9.17) is 5.11 Å². The van der Waals surface area contributed by atoms with Gasteiger partial charge in [-0.1, -0.05) is 0 Å². The maximum Gasteiger partial charge on any atom is 0.268 e. The lowest BCUT2D eigenvalue weighted by Crippen LogP contribution is -2.12. The Morgan fingerprint density at radius 3 is 2.47 bits per heavy atom. The number of H-pyrrole nitrogens is 1. The second kappa shape index (κ2) is 4.24. The molecule has 2 rings (SSSR count). The van der Waals surface area contributed by atoms with Crippen molar-refractivity contribution in [1.82, 2.24) is 9.97 Å². The molecule has 6 nitrogen and oxygen atoms in total. The van der Waals surface area contributed by atoms with Gasteiger partial charge in [0.05, 0.1) is 0 Å². The largest absolute Gasteiger partial charge is 0.504 e. The Labute approximate surface area is 109 Å². The van der Waals surface area contributed by atoms with E-state index in [1.54, 1.807) is 22.6 Å². The van der Waals surface area contributed by atoms with Gasteiger partial charge in [-0.05, 0) is 40.8 Å². The van der Waals surface area contributed by atoms with E-state index in [9.17, 15) is 15.0 Å². The fraction of sp³-hybridized carbons (Fsp3) is 0. The van der Waals surface area contributed by atoms with Crippen molar-refractivity contribution < 1.29 is 15.3 Å². The summed E-state index contributed by atoms with van der Waals surface area (Å²) in [5, 5.41) is 27.9. The van der Waals surface area contributed by atoms with Gasteiger partial charge in [0.25, 0.3) is 5.56 Å². The van der Waals surface area contributed by atoms with Crippen molar-refractivity contribution in [3.8, 4) is 28.8 Å². The number of hydrogen-bond acceptors (Lipinski definition) is 5. The van der Waals surface area contributed by atoms with Crippen molar-refractivity contribution in [3.05, 3.63) is 32.1 Å². The number of aromatic hydroxyl groups is 3. The van der Waals surface area contributed by atoms with Crippen LogP contribution in [0.5, 0.6) is 17.4 Å². The van der Waals surface area contributed by atoms with E-state index in [-0.39, 0.29) is 26.8 Å². The maximum absolute atomic E-state index is 11.4. The molecule has 0 bridgehead atoms. The van der Waals surface area contributed by atoms with E-state index in [0.29, 0.717) is 5.56 Å². The third kappa shape index (κ3) is 2.18. The molecular weight excluding hydrogens is 339 g/mol. The van der Waals surface area contributed by atoms with E-state index < -0.39 is 5.56 Å². The molecule has 0 aliphatic heterocycles. The van der Waals surface area contributed by atoms with Crippen molar-refractivity contribution in [2.75, 3.05) is 0 Å². The zero-order chi connectivity index (χ0) is 12.6. The smallest absolute Gasteiger partial charge is 0.268 e. The van der Waals surface area contributed by atoms with E-state index in [0.717, 1.165) is 0 Å². The van der Waals surface area contributed by atoms with Gasteiger partial charge in [-0.3, -0.25) is 4.79 Å². The van der Waals surface area contributed by atoms with Crippen LogP contribution in [0.25, 0.3) is 11.4 Å². The summed E-state index contributed by atoms with van der Waals surface area (Å²) in [5.41, 5.74) is -0.0928. The Morgan fingerprint density at radius 1 is 1.18 bits per heavy atom. The van der Waals surface area contributed by atoms with Gasteiger partial charge >= 0.3 is 0 Å². The number of aromatic amines is 1. The van der Waals surface area contributed by atoms with E-state index in [2.05, 4.69) is 9.97 Å². The van der Waals surface area contributed by atoms with Crippen molar-refractivity contribution in [2.45, 2.75) is 0 Å². The lowest BCUT2D eigenvalue weighted by molar-refractivity contribution is 0.404. The minimum atomic E-state index is -0.472. The summed E-state index contributed by atoms with van der Waals surface area (Å²) < 4.78 is 0.0920. The summed E-state index contributed by atoms with van der Waals surface area (Å²) in [4.78, 5) is 17.6. The third-order valence-corrected chi connectivity index (χ3v) is 3.07. The van der Waals surface area contributed by atoms with Crippen LogP contribution in [0.3, 0.4) is 0 Å². The Balaban J connectivity index is 2.61. The molecule has 0 unspecified atom stereocenters. The highest BCUT2D eigenvalue weighted by atomic mass is 127. The summed E-state index contributed by atoms with van der Waals surface area (Å²) in [6, 6.07) is 3.96. The van der Waals surface area contributed by atoms with E-state index >= 15 is 0 Å². The Morgan fingerprint density at radius 2 is 1.88 bits per heavy atom. The first kappa shape index (κ1) is 11.7. The first-order chi connectivity index (χ1) is 7.99. The summed E-state index contributed by atoms with van der Waals surface area (Å²) in [6.07, 6.45) is 0. The number of hydrogen-bond donors (Lipinski definition) is 4. The molecule has 88 valence electrons. The first-order valence-electron chi connectivity index (χ1n) is 4.50. The second-order valence-electron chi connectivity index (χ2n) is 3.26. The van der Waals surface area contributed by atoms with Crippen LogP contribution in [0.4, 0.5) is 0 Å². The molecule has 0 saturated heterocycles. The number of nitrogens with zero attached hydrogens (tertiary/aromatic N) is 1. The van der Waals surface area contributed by atoms with Crippen LogP contribution in [0.1, 0.15) is 0 Å². The summed E-state index contributed by atoms with van der Waals surface area (Å²) in [5.74, 6) is -0.867. The molecule has 1 heterocycles. The van der Waals surface area contributed by atoms with Crippen LogP contribution in [-0.2, 0) is 0 Å². The lowest BCUT2D eigenvalue weighted by atomic mass is 10.2. The number of benzene rings is 1. The predicted molar refractivity (Wildman–Crippen MR) is 68.0 cm³/mol. The van der Waals surface area contributed by atoms with Gasteiger partial charge < -0.3 is 20.3 Å². The predicted octanol–water partition coefficient (Wildman–Crippen LogP) is 1.16. The average molecular weight is 346 g/mol. The second-order valence-corrected chi connectivity index (χ2v) is 4.33.